The minimum atomic E-state index is -0.229. The van der Waals surface area contributed by atoms with Crippen molar-refractivity contribution in [2.75, 3.05) is 40.9 Å². The molecular weight excluding hydrogens is 517 g/mol. The molecule has 3 aromatic rings. The topological polar surface area (TPSA) is 75.3 Å². The lowest BCUT2D eigenvalue weighted by Crippen LogP contribution is -1.98. The SMILES string of the molecule is COc1ccc(C(=O)/C=C\Nc2cc(OC)c(Cl)cc2/C=C\c2cc(OC)c(OC)c(OC)c2)cc1Cl. The molecular formula is C28H27Cl2NO6. The van der Waals surface area contributed by atoms with Crippen molar-refractivity contribution < 1.29 is 28.5 Å². The van der Waals surface area contributed by atoms with Crippen LogP contribution in [0.4, 0.5) is 5.69 Å². The van der Waals surface area contributed by atoms with Crippen molar-refractivity contribution in [2.45, 2.75) is 0 Å². The van der Waals surface area contributed by atoms with Crippen molar-refractivity contribution in [3.8, 4) is 28.7 Å². The lowest BCUT2D eigenvalue weighted by molar-refractivity contribution is 0.104. The Bertz CT molecular complexity index is 1310. The Balaban J connectivity index is 1.89. The van der Waals surface area contributed by atoms with E-state index in [-0.39, 0.29) is 5.78 Å². The molecule has 0 atom stereocenters. The molecule has 0 bridgehead atoms. The highest BCUT2D eigenvalue weighted by Crippen LogP contribution is 2.39. The maximum Gasteiger partial charge on any atom is 0.203 e. The van der Waals surface area contributed by atoms with Crippen LogP contribution < -0.4 is 29.0 Å². The molecule has 0 aromatic heterocycles. The maximum absolute atomic E-state index is 12.6. The molecule has 0 saturated heterocycles. The molecule has 0 radical (unpaired) electrons. The van der Waals surface area contributed by atoms with Gasteiger partial charge in [0.1, 0.15) is 11.5 Å². The van der Waals surface area contributed by atoms with Gasteiger partial charge in [0.25, 0.3) is 0 Å². The first-order chi connectivity index (χ1) is 17.8. The van der Waals surface area contributed by atoms with Crippen molar-refractivity contribution in [3.63, 3.8) is 0 Å². The van der Waals surface area contributed by atoms with E-state index in [0.717, 1.165) is 11.1 Å². The second-order valence-corrected chi connectivity index (χ2v) is 8.37. The van der Waals surface area contributed by atoms with E-state index in [1.807, 2.05) is 24.3 Å². The highest BCUT2D eigenvalue weighted by atomic mass is 35.5. The molecule has 194 valence electrons. The molecule has 37 heavy (non-hydrogen) atoms. The first kappa shape index (κ1) is 27.8. The zero-order valence-electron chi connectivity index (χ0n) is 21.1. The summed E-state index contributed by atoms with van der Waals surface area (Å²) in [5.41, 5.74) is 2.67. The van der Waals surface area contributed by atoms with Gasteiger partial charge in [0.2, 0.25) is 5.75 Å². The summed E-state index contributed by atoms with van der Waals surface area (Å²) in [4.78, 5) is 12.6. The third-order valence-corrected chi connectivity index (χ3v) is 5.97. The Labute approximate surface area is 226 Å². The molecule has 3 rings (SSSR count). The van der Waals surface area contributed by atoms with Crippen LogP contribution in [0, 0.1) is 0 Å². The number of allylic oxidation sites excluding steroid dienone is 1. The number of hydrogen-bond acceptors (Lipinski definition) is 7. The molecule has 0 fully saturated rings. The highest BCUT2D eigenvalue weighted by molar-refractivity contribution is 6.32. The summed E-state index contributed by atoms with van der Waals surface area (Å²) in [7, 11) is 7.71. The van der Waals surface area contributed by atoms with Gasteiger partial charge < -0.3 is 29.0 Å². The van der Waals surface area contributed by atoms with Gasteiger partial charge in [-0.3, -0.25) is 4.79 Å². The van der Waals surface area contributed by atoms with Crippen LogP contribution in [0.5, 0.6) is 28.7 Å². The fraction of sp³-hybridized carbons (Fsp3) is 0.179. The minimum absolute atomic E-state index is 0.229. The number of nitrogens with one attached hydrogen (secondary N) is 1. The zero-order chi connectivity index (χ0) is 26.9. The number of benzene rings is 3. The van der Waals surface area contributed by atoms with Crippen LogP contribution in [0.15, 0.2) is 54.7 Å². The number of rotatable bonds is 11. The van der Waals surface area contributed by atoms with Crippen LogP contribution in [0.3, 0.4) is 0 Å². The van der Waals surface area contributed by atoms with Crippen LogP contribution in [0.1, 0.15) is 21.5 Å². The maximum atomic E-state index is 12.6. The second kappa shape index (κ2) is 12.9. The molecule has 0 aliphatic heterocycles. The van der Waals surface area contributed by atoms with Crippen LogP contribution in [-0.4, -0.2) is 41.3 Å². The number of anilines is 1. The van der Waals surface area contributed by atoms with E-state index in [1.54, 1.807) is 57.9 Å². The standard InChI is InChI=1S/C28H27Cl2NO6/c1-33-24-9-8-19(15-20(24)29)23(32)10-11-31-22-16-25(34-2)21(30)14-18(22)7-6-17-12-26(35-3)28(37-5)27(13-17)36-4/h6-16,31H,1-5H3/b7-6-,11-10-. The van der Waals surface area contributed by atoms with Crippen molar-refractivity contribution in [1.29, 1.82) is 0 Å². The molecule has 3 aromatic carbocycles. The van der Waals surface area contributed by atoms with Crippen LogP contribution in [0.25, 0.3) is 12.2 Å². The van der Waals surface area contributed by atoms with Gasteiger partial charge in [0.15, 0.2) is 17.3 Å². The van der Waals surface area contributed by atoms with Gasteiger partial charge in [0.05, 0.1) is 45.6 Å². The van der Waals surface area contributed by atoms with Crippen molar-refractivity contribution in [3.05, 3.63) is 81.5 Å². The minimum Gasteiger partial charge on any atom is -0.495 e. The summed E-state index contributed by atoms with van der Waals surface area (Å²) in [5.74, 6) is 2.32. The van der Waals surface area contributed by atoms with Crippen molar-refractivity contribution in [2.24, 2.45) is 0 Å². The first-order valence-electron chi connectivity index (χ1n) is 11.0. The Hall–Kier alpha value is -3.81. The molecule has 9 heteroatoms. The summed E-state index contributed by atoms with van der Waals surface area (Å²) in [6.45, 7) is 0. The molecule has 7 nitrogen and oxygen atoms in total. The number of ketones is 1. The quantitative estimate of drug-likeness (QED) is 0.158. The number of hydrogen-bond donors (Lipinski definition) is 1. The molecule has 0 saturated carbocycles. The summed E-state index contributed by atoms with van der Waals surface area (Å²) in [5, 5.41) is 3.93. The molecule has 0 unspecified atom stereocenters. The third-order valence-electron chi connectivity index (χ3n) is 5.38. The van der Waals surface area contributed by atoms with Gasteiger partial charge in [-0.25, -0.2) is 0 Å². The Morgan fingerprint density at radius 1 is 0.730 bits per heavy atom. The average molecular weight is 544 g/mol. The van der Waals surface area contributed by atoms with E-state index in [4.69, 9.17) is 46.9 Å². The fourth-order valence-electron chi connectivity index (χ4n) is 3.49. The highest BCUT2D eigenvalue weighted by Gasteiger charge is 2.13. The lowest BCUT2D eigenvalue weighted by atomic mass is 10.1. The largest absolute Gasteiger partial charge is 0.495 e. The lowest BCUT2D eigenvalue weighted by Gasteiger charge is -2.13. The van der Waals surface area contributed by atoms with Gasteiger partial charge in [-0.2, -0.15) is 0 Å². The third kappa shape index (κ3) is 6.70. The van der Waals surface area contributed by atoms with Gasteiger partial charge >= 0.3 is 0 Å². The predicted octanol–water partition coefficient (Wildman–Crippen LogP) is 7.02. The summed E-state index contributed by atoms with van der Waals surface area (Å²) in [6, 6.07) is 12.0. The fourth-order valence-corrected chi connectivity index (χ4v) is 4.00. The first-order valence-corrected chi connectivity index (χ1v) is 11.8. The molecule has 0 amide bonds. The Morgan fingerprint density at radius 3 is 1.92 bits per heavy atom. The van der Waals surface area contributed by atoms with Crippen LogP contribution in [-0.2, 0) is 0 Å². The Kier molecular flexibility index (Phi) is 9.71. The second-order valence-electron chi connectivity index (χ2n) is 7.56. The summed E-state index contributed by atoms with van der Waals surface area (Å²) >= 11 is 12.5. The zero-order valence-corrected chi connectivity index (χ0v) is 22.6. The smallest absolute Gasteiger partial charge is 0.203 e. The van der Waals surface area contributed by atoms with Gasteiger partial charge in [0, 0.05) is 29.6 Å². The average Bonchev–Trinajstić information content (AvgIpc) is 2.91. The molecule has 0 aliphatic carbocycles. The van der Waals surface area contributed by atoms with Gasteiger partial charge in [-0.1, -0.05) is 35.4 Å². The van der Waals surface area contributed by atoms with Crippen molar-refractivity contribution >= 4 is 46.8 Å². The number of carbonyl (C=O) groups excluding carboxylic acids is 1. The van der Waals surface area contributed by atoms with Crippen molar-refractivity contribution in [1.82, 2.24) is 0 Å². The normalized spacial score (nSPS) is 11.0. The van der Waals surface area contributed by atoms with E-state index in [1.165, 1.54) is 20.3 Å². The van der Waals surface area contributed by atoms with E-state index >= 15 is 0 Å². The summed E-state index contributed by atoms with van der Waals surface area (Å²) < 4.78 is 26.7. The number of halogens is 2. The molecule has 0 heterocycles. The van der Waals surface area contributed by atoms with Crippen LogP contribution in [0.2, 0.25) is 10.0 Å². The van der Waals surface area contributed by atoms with E-state index in [0.29, 0.717) is 50.0 Å². The Morgan fingerprint density at radius 2 is 1.35 bits per heavy atom. The molecule has 0 aliphatic rings. The predicted molar refractivity (Wildman–Crippen MR) is 148 cm³/mol. The van der Waals surface area contributed by atoms with E-state index in [2.05, 4.69) is 5.32 Å². The number of carbonyl (C=O) groups is 1. The van der Waals surface area contributed by atoms with E-state index in [9.17, 15) is 4.79 Å². The molecule has 1 N–H and O–H groups in total. The van der Waals surface area contributed by atoms with E-state index < -0.39 is 0 Å². The van der Waals surface area contributed by atoms with Gasteiger partial charge in [-0.15, -0.1) is 0 Å². The summed E-state index contributed by atoms with van der Waals surface area (Å²) in [6.07, 6.45) is 6.70. The number of methoxy groups -OCH3 is 5. The van der Waals surface area contributed by atoms with Crippen LogP contribution >= 0.6 is 23.2 Å². The molecule has 0 spiro atoms. The number of ether oxygens (including phenoxy) is 5. The van der Waals surface area contributed by atoms with Gasteiger partial charge in [-0.05, 0) is 47.5 Å². The monoisotopic (exact) mass is 543 g/mol.